The molecule has 2 aromatic rings. The average Bonchev–Trinajstić information content (AvgIpc) is 3.20. The summed E-state index contributed by atoms with van der Waals surface area (Å²) in [7, 11) is 4.92. The third-order valence-corrected chi connectivity index (χ3v) is 5.49. The fourth-order valence-electron chi connectivity index (χ4n) is 4.03. The fourth-order valence-corrected chi connectivity index (χ4v) is 4.03. The molecule has 1 aliphatic rings. The van der Waals surface area contributed by atoms with E-state index in [2.05, 4.69) is 16.3 Å². The van der Waals surface area contributed by atoms with Crippen LogP contribution in [0.2, 0.25) is 0 Å². The summed E-state index contributed by atoms with van der Waals surface area (Å²) in [4.78, 5) is 15.0. The Bertz CT molecular complexity index is 839. The maximum absolute atomic E-state index is 12.7. The highest BCUT2D eigenvalue weighted by Crippen LogP contribution is 2.36. The molecule has 1 aliphatic heterocycles. The van der Waals surface area contributed by atoms with Crippen molar-refractivity contribution in [3.63, 3.8) is 0 Å². The van der Waals surface area contributed by atoms with Crippen LogP contribution in [0.1, 0.15) is 43.0 Å². The molecule has 1 amide bonds. The van der Waals surface area contributed by atoms with Crippen molar-refractivity contribution < 1.29 is 19.0 Å². The molecule has 6 heteroatoms. The molecule has 0 aromatic heterocycles. The lowest BCUT2D eigenvalue weighted by molar-refractivity contribution is -0.123. The van der Waals surface area contributed by atoms with Crippen LogP contribution in [0.4, 0.5) is 0 Å². The van der Waals surface area contributed by atoms with Crippen molar-refractivity contribution in [3.8, 4) is 17.2 Å². The number of nitrogens with zero attached hydrogens (tertiary/aromatic N) is 1. The minimum absolute atomic E-state index is 0.00998. The number of hydrogen-bond donors (Lipinski definition) is 1. The number of carbonyl (C=O) groups excluding carboxylic acids is 1. The molecule has 2 atom stereocenters. The molecule has 1 heterocycles. The maximum Gasteiger partial charge on any atom is 0.234 e. The van der Waals surface area contributed by atoms with Crippen LogP contribution in [-0.4, -0.2) is 45.2 Å². The minimum Gasteiger partial charge on any atom is -0.496 e. The summed E-state index contributed by atoms with van der Waals surface area (Å²) in [6.45, 7) is 3.24. The Morgan fingerprint density at radius 2 is 1.79 bits per heavy atom. The Morgan fingerprint density at radius 3 is 2.52 bits per heavy atom. The molecule has 0 radical (unpaired) electrons. The molecule has 6 nitrogen and oxygen atoms in total. The Hall–Kier alpha value is -2.73. The first-order valence-corrected chi connectivity index (χ1v) is 9.95. The van der Waals surface area contributed by atoms with Gasteiger partial charge in [0, 0.05) is 11.6 Å². The molecule has 0 saturated carbocycles. The van der Waals surface area contributed by atoms with Gasteiger partial charge in [0.25, 0.3) is 0 Å². The van der Waals surface area contributed by atoms with Gasteiger partial charge < -0.3 is 19.5 Å². The van der Waals surface area contributed by atoms with Crippen LogP contribution in [-0.2, 0) is 4.79 Å². The minimum atomic E-state index is -0.124. The number of benzene rings is 2. The SMILES string of the molecule is COc1ccc(C2CCCN2CC(=O)NC(C)c2ccccc2OC)cc1OC. The number of hydrogen-bond acceptors (Lipinski definition) is 5. The van der Waals surface area contributed by atoms with E-state index < -0.39 is 0 Å². The van der Waals surface area contributed by atoms with Crippen LogP contribution in [0, 0.1) is 0 Å². The highest BCUT2D eigenvalue weighted by molar-refractivity contribution is 5.78. The van der Waals surface area contributed by atoms with Gasteiger partial charge in [-0.15, -0.1) is 0 Å². The van der Waals surface area contributed by atoms with Crippen molar-refractivity contribution in [1.82, 2.24) is 10.2 Å². The van der Waals surface area contributed by atoms with Crippen molar-refractivity contribution >= 4 is 5.91 Å². The first kappa shape index (κ1) is 21.0. The number of methoxy groups -OCH3 is 3. The normalized spacial score (nSPS) is 17.6. The molecule has 0 bridgehead atoms. The van der Waals surface area contributed by atoms with E-state index >= 15 is 0 Å². The lowest BCUT2D eigenvalue weighted by atomic mass is 10.0. The summed E-state index contributed by atoms with van der Waals surface area (Å²) in [5.41, 5.74) is 2.12. The molecule has 2 unspecified atom stereocenters. The summed E-state index contributed by atoms with van der Waals surface area (Å²) in [6, 6.07) is 13.8. The van der Waals surface area contributed by atoms with Gasteiger partial charge in [-0.1, -0.05) is 24.3 Å². The van der Waals surface area contributed by atoms with Crippen molar-refractivity contribution in [1.29, 1.82) is 0 Å². The van der Waals surface area contributed by atoms with E-state index in [1.54, 1.807) is 21.3 Å². The third kappa shape index (κ3) is 4.82. The first-order chi connectivity index (χ1) is 14.1. The van der Waals surface area contributed by atoms with E-state index in [0.717, 1.165) is 36.3 Å². The first-order valence-electron chi connectivity index (χ1n) is 9.95. The van der Waals surface area contributed by atoms with E-state index in [9.17, 15) is 4.79 Å². The molecule has 0 spiro atoms. The van der Waals surface area contributed by atoms with Gasteiger partial charge in [-0.2, -0.15) is 0 Å². The van der Waals surface area contributed by atoms with E-state index in [4.69, 9.17) is 14.2 Å². The van der Waals surface area contributed by atoms with Gasteiger partial charge in [0.2, 0.25) is 5.91 Å². The van der Waals surface area contributed by atoms with E-state index in [1.165, 1.54) is 0 Å². The van der Waals surface area contributed by atoms with Crippen LogP contribution >= 0.6 is 0 Å². The zero-order valence-electron chi connectivity index (χ0n) is 17.6. The van der Waals surface area contributed by atoms with Gasteiger partial charge in [0.1, 0.15) is 5.75 Å². The molecule has 156 valence electrons. The number of likely N-dealkylation sites (tertiary alicyclic amines) is 1. The van der Waals surface area contributed by atoms with Crippen molar-refractivity contribution in [2.45, 2.75) is 31.8 Å². The van der Waals surface area contributed by atoms with Gasteiger partial charge >= 0.3 is 0 Å². The van der Waals surface area contributed by atoms with Gasteiger partial charge in [-0.25, -0.2) is 0 Å². The Labute approximate surface area is 172 Å². The number of ether oxygens (including phenoxy) is 3. The van der Waals surface area contributed by atoms with Crippen molar-refractivity contribution in [3.05, 3.63) is 53.6 Å². The topological polar surface area (TPSA) is 60.0 Å². The number of carbonyl (C=O) groups is 1. The number of para-hydroxylation sites is 1. The quantitative estimate of drug-likeness (QED) is 0.734. The molecule has 3 rings (SSSR count). The van der Waals surface area contributed by atoms with Crippen LogP contribution < -0.4 is 19.5 Å². The Morgan fingerprint density at radius 1 is 1.07 bits per heavy atom. The van der Waals surface area contributed by atoms with Crippen molar-refractivity contribution in [2.24, 2.45) is 0 Å². The number of amides is 1. The standard InChI is InChI=1S/C23H30N2O4/c1-16(18-8-5-6-10-20(18)27-2)24-23(26)15-25-13-7-9-19(25)17-11-12-21(28-3)22(14-17)29-4/h5-6,8,10-12,14,16,19H,7,9,13,15H2,1-4H3,(H,24,26). The number of rotatable bonds is 8. The summed E-state index contributed by atoms with van der Waals surface area (Å²) in [5, 5.41) is 3.11. The Balaban J connectivity index is 1.67. The monoisotopic (exact) mass is 398 g/mol. The van der Waals surface area contributed by atoms with Crippen molar-refractivity contribution in [2.75, 3.05) is 34.4 Å². The van der Waals surface area contributed by atoms with Crippen LogP contribution in [0.3, 0.4) is 0 Å². The second-order valence-electron chi connectivity index (χ2n) is 7.27. The third-order valence-electron chi connectivity index (χ3n) is 5.49. The summed E-state index contributed by atoms with van der Waals surface area (Å²) >= 11 is 0. The van der Waals surface area contributed by atoms with Crippen LogP contribution in [0.15, 0.2) is 42.5 Å². The smallest absolute Gasteiger partial charge is 0.234 e. The van der Waals surface area contributed by atoms with Crippen LogP contribution in [0.25, 0.3) is 0 Å². The highest BCUT2D eigenvalue weighted by atomic mass is 16.5. The van der Waals surface area contributed by atoms with E-state index in [-0.39, 0.29) is 18.0 Å². The predicted octanol–water partition coefficient (Wildman–Crippen LogP) is 3.73. The lowest BCUT2D eigenvalue weighted by Gasteiger charge is -2.26. The summed E-state index contributed by atoms with van der Waals surface area (Å²) in [5.74, 6) is 2.22. The second kappa shape index (κ2) is 9.65. The average molecular weight is 399 g/mol. The molecule has 1 saturated heterocycles. The zero-order valence-corrected chi connectivity index (χ0v) is 17.6. The largest absolute Gasteiger partial charge is 0.496 e. The molecule has 1 N–H and O–H groups in total. The van der Waals surface area contributed by atoms with E-state index in [0.29, 0.717) is 18.0 Å². The van der Waals surface area contributed by atoms with Gasteiger partial charge in [0.15, 0.2) is 11.5 Å². The van der Waals surface area contributed by atoms with E-state index in [1.807, 2.05) is 43.3 Å². The molecular formula is C23H30N2O4. The second-order valence-corrected chi connectivity index (χ2v) is 7.27. The Kier molecular flexibility index (Phi) is 6.99. The molecule has 0 aliphatic carbocycles. The zero-order chi connectivity index (χ0) is 20.8. The molecule has 1 fully saturated rings. The summed E-state index contributed by atoms with van der Waals surface area (Å²) in [6.07, 6.45) is 2.08. The lowest BCUT2D eigenvalue weighted by Crippen LogP contribution is -2.38. The van der Waals surface area contributed by atoms with Gasteiger partial charge in [0.05, 0.1) is 33.9 Å². The molecular weight excluding hydrogens is 368 g/mol. The number of nitrogens with one attached hydrogen (secondary N) is 1. The van der Waals surface area contributed by atoms with Gasteiger partial charge in [-0.3, -0.25) is 9.69 Å². The van der Waals surface area contributed by atoms with Crippen LogP contribution in [0.5, 0.6) is 17.2 Å². The molecule has 2 aromatic carbocycles. The molecule has 29 heavy (non-hydrogen) atoms. The fraction of sp³-hybridized carbons (Fsp3) is 0.435. The highest BCUT2D eigenvalue weighted by Gasteiger charge is 2.28. The van der Waals surface area contributed by atoms with Gasteiger partial charge in [-0.05, 0) is 50.1 Å². The maximum atomic E-state index is 12.7. The predicted molar refractivity (Wildman–Crippen MR) is 113 cm³/mol. The summed E-state index contributed by atoms with van der Waals surface area (Å²) < 4.78 is 16.2.